The van der Waals surface area contributed by atoms with Gasteiger partial charge in [0, 0.05) is 13.1 Å². The minimum absolute atomic E-state index is 0.0836. The minimum Gasteiger partial charge on any atom is -0.269 e. The molecular formula is C11H17FN2O4S2. The Morgan fingerprint density at radius 3 is 2.40 bits per heavy atom. The molecule has 0 saturated carbocycles. The van der Waals surface area contributed by atoms with Crippen molar-refractivity contribution in [1.29, 1.82) is 0 Å². The molecular weight excluding hydrogens is 307 g/mol. The van der Waals surface area contributed by atoms with Crippen molar-refractivity contribution in [3.63, 3.8) is 0 Å². The second-order valence-electron chi connectivity index (χ2n) is 4.11. The van der Waals surface area contributed by atoms with Crippen LogP contribution in [0.1, 0.15) is 6.92 Å². The molecule has 6 nitrogen and oxygen atoms in total. The van der Waals surface area contributed by atoms with Gasteiger partial charge >= 0.3 is 0 Å². The fourth-order valence-corrected chi connectivity index (χ4v) is 3.05. The zero-order valence-electron chi connectivity index (χ0n) is 11.2. The van der Waals surface area contributed by atoms with Gasteiger partial charge in [0.2, 0.25) is 20.0 Å². The van der Waals surface area contributed by atoms with Crippen LogP contribution in [-0.4, -0.2) is 41.9 Å². The molecule has 114 valence electrons. The highest BCUT2D eigenvalue weighted by molar-refractivity contribution is 7.92. The lowest BCUT2D eigenvalue weighted by Gasteiger charge is -2.22. The largest absolute Gasteiger partial charge is 0.269 e. The van der Waals surface area contributed by atoms with Gasteiger partial charge in [0.15, 0.2) is 0 Å². The lowest BCUT2D eigenvalue weighted by atomic mass is 10.3. The van der Waals surface area contributed by atoms with Crippen LogP contribution in [0.25, 0.3) is 0 Å². The minimum atomic E-state index is -3.63. The van der Waals surface area contributed by atoms with Crippen LogP contribution < -0.4 is 9.03 Å². The molecule has 1 N–H and O–H groups in total. The number of sulfonamides is 2. The third kappa shape index (κ3) is 5.06. The SMILES string of the molecule is CCS(=O)(=O)NCCN(c1cccc(F)c1)S(C)(=O)=O. The first kappa shape index (κ1) is 16.9. The van der Waals surface area contributed by atoms with Crippen molar-refractivity contribution in [2.45, 2.75) is 6.92 Å². The zero-order chi connectivity index (χ0) is 15.4. The van der Waals surface area contributed by atoms with Crippen molar-refractivity contribution < 1.29 is 21.2 Å². The lowest BCUT2D eigenvalue weighted by Crippen LogP contribution is -2.38. The highest BCUT2D eigenvalue weighted by atomic mass is 32.2. The molecule has 0 aliphatic heterocycles. The second kappa shape index (κ2) is 6.51. The lowest BCUT2D eigenvalue weighted by molar-refractivity contribution is 0.579. The Balaban J connectivity index is 2.88. The average Bonchev–Trinajstić information content (AvgIpc) is 2.33. The van der Waals surface area contributed by atoms with Gasteiger partial charge in [0.25, 0.3) is 0 Å². The maximum atomic E-state index is 13.1. The van der Waals surface area contributed by atoms with E-state index in [0.29, 0.717) is 0 Å². The van der Waals surface area contributed by atoms with Crippen molar-refractivity contribution in [3.8, 4) is 0 Å². The van der Waals surface area contributed by atoms with E-state index in [9.17, 15) is 21.2 Å². The molecule has 9 heteroatoms. The van der Waals surface area contributed by atoms with Crippen molar-refractivity contribution in [3.05, 3.63) is 30.1 Å². The molecule has 0 atom stereocenters. The third-order valence-electron chi connectivity index (χ3n) is 2.51. The number of halogens is 1. The summed E-state index contributed by atoms with van der Waals surface area (Å²) in [5.41, 5.74) is 0.156. The van der Waals surface area contributed by atoms with Crippen LogP contribution in [0.5, 0.6) is 0 Å². The molecule has 0 unspecified atom stereocenters. The Morgan fingerprint density at radius 2 is 1.90 bits per heavy atom. The number of benzene rings is 1. The van der Waals surface area contributed by atoms with Crippen molar-refractivity contribution >= 4 is 25.7 Å². The first-order chi connectivity index (χ1) is 9.15. The molecule has 1 aromatic rings. The van der Waals surface area contributed by atoms with Gasteiger partial charge in [0.1, 0.15) is 5.82 Å². The van der Waals surface area contributed by atoms with Crippen molar-refractivity contribution in [2.24, 2.45) is 0 Å². The number of rotatable bonds is 7. The average molecular weight is 324 g/mol. The van der Waals surface area contributed by atoms with Gasteiger partial charge in [-0.2, -0.15) is 0 Å². The predicted molar refractivity (Wildman–Crippen MR) is 76.1 cm³/mol. The summed E-state index contributed by atoms with van der Waals surface area (Å²) in [6.45, 7) is 1.28. The van der Waals surface area contributed by atoms with E-state index in [-0.39, 0.29) is 24.5 Å². The quantitative estimate of drug-likeness (QED) is 0.793. The first-order valence-corrected chi connectivity index (χ1v) is 9.36. The number of nitrogens with one attached hydrogen (secondary N) is 1. The monoisotopic (exact) mass is 324 g/mol. The Labute approximate surface area is 118 Å². The van der Waals surface area contributed by atoms with E-state index in [1.54, 1.807) is 0 Å². The van der Waals surface area contributed by atoms with E-state index in [1.165, 1.54) is 25.1 Å². The normalized spacial score (nSPS) is 12.3. The fraction of sp³-hybridized carbons (Fsp3) is 0.455. The summed E-state index contributed by atoms with van der Waals surface area (Å²) in [4.78, 5) is 0. The van der Waals surface area contributed by atoms with Gasteiger partial charge in [-0.05, 0) is 25.1 Å². The molecule has 1 aromatic carbocycles. The fourth-order valence-electron chi connectivity index (χ4n) is 1.52. The number of anilines is 1. The van der Waals surface area contributed by atoms with Crippen LogP contribution in [-0.2, 0) is 20.0 Å². The molecule has 0 aromatic heterocycles. The van der Waals surface area contributed by atoms with Crippen LogP contribution in [0, 0.1) is 5.82 Å². The third-order valence-corrected chi connectivity index (χ3v) is 5.11. The van der Waals surface area contributed by atoms with E-state index < -0.39 is 25.9 Å². The standard InChI is InChI=1S/C11H17FN2O4S2/c1-3-20(17,18)13-7-8-14(19(2,15)16)11-6-4-5-10(12)9-11/h4-6,9,13H,3,7-8H2,1-2H3. The maximum absolute atomic E-state index is 13.1. The van der Waals surface area contributed by atoms with E-state index in [2.05, 4.69) is 4.72 Å². The zero-order valence-corrected chi connectivity index (χ0v) is 12.8. The highest BCUT2D eigenvalue weighted by Crippen LogP contribution is 2.17. The maximum Gasteiger partial charge on any atom is 0.232 e. The van der Waals surface area contributed by atoms with Crippen LogP contribution in [0.15, 0.2) is 24.3 Å². The molecule has 0 saturated heterocycles. The van der Waals surface area contributed by atoms with Crippen LogP contribution >= 0.6 is 0 Å². The molecule has 1 rings (SSSR count). The van der Waals surface area contributed by atoms with Crippen LogP contribution in [0.3, 0.4) is 0 Å². The molecule has 0 aliphatic rings. The molecule has 0 heterocycles. The Morgan fingerprint density at radius 1 is 1.25 bits per heavy atom. The summed E-state index contributed by atoms with van der Waals surface area (Å²) >= 11 is 0. The summed E-state index contributed by atoms with van der Waals surface area (Å²) in [5, 5.41) is 0. The molecule has 0 aliphatic carbocycles. The summed E-state index contributed by atoms with van der Waals surface area (Å²) in [7, 11) is -7.02. The number of hydrogen-bond donors (Lipinski definition) is 1. The van der Waals surface area contributed by atoms with Crippen molar-refractivity contribution in [1.82, 2.24) is 4.72 Å². The molecule has 0 radical (unpaired) electrons. The number of nitrogens with zero attached hydrogens (tertiary/aromatic N) is 1. The Hall–Kier alpha value is -1.19. The summed E-state index contributed by atoms with van der Waals surface area (Å²) < 4.78 is 62.3. The van der Waals surface area contributed by atoms with E-state index in [4.69, 9.17) is 0 Å². The van der Waals surface area contributed by atoms with E-state index in [0.717, 1.165) is 16.6 Å². The molecule has 0 amide bonds. The van der Waals surface area contributed by atoms with Crippen molar-refractivity contribution in [2.75, 3.05) is 29.4 Å². The Kier molecular flexibility index (Phi) is 5.49. The highest BCUT2D eigenvalue weighted by Gasteiger charge is 2.18. The summed E-state index contributed by atoms with van der Waals surface area (Å²) in [5.74, 6) is -0.656. The first-order valence-electron chi connectivity index (χ1n) is 5.86. The topological polar surface area (TPSA) is 83.6 Å². The summed E-state index contributed by atoms with van der Waals surface area (Å²) in [6, 6.07) is 5.11. The molecule has 0 bridgehead atoms. The van der Waals surface area contributed by atoms with Gasteiger partial charge in [-0.15, -0.1) is 0 Å². The van der Waals surface area contributed by atoms with Gasteiger partial charge in [-0.3, -0.25) is 4.31 Å². The molecule has 0 fully saturated rings. The van der Waals surface area contributed by atoms with Gasteiger partial charge < -0.3 is 0 Å². The molecule has 0 spiro atoms. The van der Waals surface area contributed by atoms with Crippen LogP contribution in [0.4, 0.5) is 10.1 Å². The van der Waals surface area contributed by atoms with E-state index >= 15 is 0 Å². The van der Waals surface area contributed by atoms with Gasteiger partial charge in [-0.25, -0.2) is 25.9 Å². The molecule has 20 heavy (non-hydrogen) atoms. The van der Waals surface area contributed by atoms with Gasteiger partial charge in [0.05, 0.1) is 17.7 Å². The second-order valence-corrected chi connectivity index (χ2v) is 8.12. The predicted octanol–water partition coefficient (Wildman–Crippen LogP) is 0.531. The van der Waals surface area contributed by atoms with E-state index in [1.807, 2.05) is 0 Å². The summed E-state index contributed by atoms with van der Waals surface area (Å²) in [6.07, 6.45) is 0.978. The Bertz CT molecular complexity index is 659. The van der Waals surface area contributed by atoms with Gasteiger partial charge in [-0.1, -0.05) is 6.07 Å². The smallest absolute Gasteiger partial charge is 0.232 e. The number of hydrogen-bond acceptors (Lipinski definition) is 4. The van der Waals surface area contributed by atoms with Crippen LogP contribution in [0.2, 0.25) is 0 Å².